The molecule has 1 aromatic heterocycles. The van der Waals surface area contributed by atoms with E-state index in [1.54, 1.807) is 0 Å². The van der Waals surface area contributed by atoms with Crippen LogP contribution in [0.5, 0.6) is 0 Å². The summed E-state index contributed by atoms with van der Waals surface area (Å²) in [6.45, 7) is 3.16. The molecular formula is C18H17N3O2S. The standard InChI is InChI=1S/C18H17N3O2S/c22-17-15-7-6-14(20-8-10-23-11-9-20)12-16(15)19-18(24)21(17)13-4-2-1-3-5-13/h1-7,12H,8-11H2,(H,19,24). The number of benzene rings is 2. The van der Waals surface area contributed by atoms with Crippen molar-refractivity contribution in [3.8, 4) is 5.69 Å². The summed E-state index contributed by atoms with van der Waals surface area (Å²) in [6.07, 6.45) is 0. The Kier molecular flexibility index (Phi) is 3.92. The molecule has 24 heavy (non-hydrogen) atoms. The van der Waals surface area contributed by atoms with Gasteiger partial charge in [-0.05, 0) is 42.5 Å². The number of nitrogens with zero attached hydrogens (tertiary/aromatic N) is 2. The van der Waals surface area contributed by atoms with E-state index in [4.69, 9.17) is 17.0 Å². The molecule has 1 N–H and O–H groups in total. The number of H-pyrrole nitrogens is 1. The van der Waals surface area contributed by atoms with Crippen molar-refractivity contribution in [1.82, 2.24) is 9.55 Å². The largest absolute Gasteiger partial charge is 0.378 e. The minimum absolute atomic E-state index is 0.103. The third-order valence-electron chi connectivity index (χ3n) is 4.27. The van der Waals surface area contributed by atoms with Crippen LogP contribution in [0.3, 0.4) is 0 Å². The molecule has 1 aliphatic heterocycles. The van der Waals surface area contributed by atoms with Crippen molar-refractivity contribution in [2.45, 2.75) is 0 Å². The molecule has 122 valence electrons. The molecule has 0 bridgehead atoms. The molecule has 0 atom stereocenters. The average molecular weight is 339 g/mol. The van der Waals surface area contributed by atoms with Crippen molar-refractivity contribution < 1.29 is 4.74 Å². The van der Waals surface area contributed by atoms with Crippen molar-refractivity contribution in [3.63, 3.8) is 0 Å². The average Bonchev–Trinajstić information content (AvgIpc) is 2.63. The van der Waals surface area contributed by atoms with Crippen LogP contribution in [0.2, 0.25) is 0 Å². The van der Waals surface area contributed by atoms with Crippen LogP contribution in [0.1, 0.15) is 0 Å². The molecule has 0 aliphatic carbocycles. The number of fused-ring (bicyclic) bond motifs is 1. The first-order chi connectivity index (χ1) is 11.7. The zero-order chi connectivity index (χ0) is 16.5. The Balaban J connectivity index is 1.86. The van der Waals surface area contributed by atoms with Crippen molar-refractivity contribution >= 4 is 28.8 Å². The summed E-state index contributed by atoms with van der Waals surface area (Å²) in [7, 11) is 0. The fourth-order valence-corrected chi connectivity index (χ4v) is 3.33. The number of anilines is 1. The minimum atomic E-state index is -0.103. The topological polar surface area (TPSA) is 50.3 Å². The van der Waals surface area contributed by atoms with Gasteiger partial charge in [-0.2, -0.15) is 0 Å². The molecule has 1 aliphatic rings. The highest BCUT2D eigenvalue weighted by atomic mass is 32.1. The first kappa shape index (κ1) is 15.1. The summed E-state index contributed by atoms with van der Waals surface area (Å²) in [5.74, 6) is 0. The fourth-order valence-electron chi connectivity index (χ4n) is 3.04. The molecule has 1 fully saturated rings. The molecular weight excluding hydrogens is 322 g/mol. The third kappa shape index (κ3) is 2.64. The van der Waals surface area contributed by atoms with Gasteiger partial charge in [-0.15, -0.1) is 0 Å². The lowest BCUT2D eigenvalue weighted by Gasteiger charge is -2.29. The van der Waals surface area contributed by atoms with E-state index in [9.17, 15) is 4.79 Å². The molecule has 0 unspecified atom stereocenters. The van der Waals surface area contributed by atoms with E-state index in [0.717, 1.165) is 43.2 Å². The van der Waals surface area contributed by atoms with Crippen LogP contribution < -0.4 is 10.5 Å². The third-order valence-corrected chi connectivity index (χ3v) is 4.56. The van der Waals surface area contributed by atoms with E-state index in [0.29, 0.717) is 10.2 Å². The maximum Gasteiger partial charge on any atom is 0.266 e. The summed E-state index contributed by atoms with van der Waals surface area (Å²) < 4.78 is 7.33. The molecule has 4 rings (SSSR count). The molecule has 2 aromatic carbocycles. The lowest BCUT2D eigenvalue weighted by Crippen LogP contribution is -2.36. The van der Waals surface area contributed by atoms with E-state index in [1.807, 2.05) is 48.5 Å². The second-order valence-electron chi connectivity index (χ2n) is 5.74. The molecule has 5 nitrogen and oxygen atoms in total. The van der Waals surface area contributed by atoms with Crippen LogP contribution in [-0.4, -0.2) is 35.9 Å². The van der Waals surface area contributed by atoms with Gasteiger partial charge in [-0.1, -0.05) is 18.2 Å². The molecule has 0 radical (unpaired) electrons. The smallest absolute Gasteiger partial charge is 0.266 e. The van der Waals surface area contributed by atoms with Crippen molar-refractivity contribution in [2.24, 2.45) is 0 Å². The normalized spacial score (nSPS) is 14.9. The van der Waals surface area contributed by atoms with Gasteiger partial charge in [0.1, 0.15) is 0 Å². The molecule has 6 heteroatoms. The minimum Gasteiger partial charge on any atom is -0.378 e. The second-order valence-corrected chi connectivity index (χ2v) is 6.12. The Labute approximate surface area is 144 Å². The van der Waals surface area contributed by atoms with E-state index < -0.39 is 0 Å². The lowest BCUT2D eigenvalue weighted by molar-refractivity contribution is 0.122. The Morgan fingerprint density at radius 2 is 1.75 bits per heavy atom. The molecule has 0 spiro atoms. The Morgan fingerprint density at radius 3 is 2.50 bits per heavy atom. The lowest BCUT2D eigenvalue weighted by atomic mass is 10.2. The number of hydrogen-bond acceptors (Lipinski definition) is 4. The number of para-hydroxylation sites is 1. The van der Waals surface area contributed by atoms with Crippen molar-refractivity contribution in [3.05, 3.63) is 63.7 Å². The van der Waals surface area contributed by atoms with Crippen LogP contribution in [0, 0.1) is 4.77 Å². The van der Waals surface area contributed by atoms with Gasteiger partial charge in [-0.25, -0.2) is 0 Å². The number of aromatic amines is 1. The van der Waals surface area contributed by atoms with Gasteiger partial charge in [-0.3, -0.25) is 9.36 Å². The molecule has 1 saturated heterocycles. The predicted octanol–water partition coefficient (Wildman–Crippen LogP) is 2.88. The quantitative estimate of drug-likeness (QED) is 0.730. The van der Waals surface area contributed by atoms with Crippen LogP contribution in [0.4, 0.5) is 5.69 Å². The van der Waals surface area contributed by atoms with E-state index in [-0.39, 0.29) is 5.56 Å². The summed E-state index contributed by atoms with van der Waals surface area (Å²) in [6, 6.07) is 15.3. The predicted molar refractivity (Wildman–Crippen MR) is 97.8 cm³/mol. The highest BCUT2D eigenvalue weighted by molar-refractivity contribution is 7.71. The highest BCUT2D eigenvalue weighted by Gasteiger charge is 2.13. The van der Waals surface area contributed by atoms with Crippen molar-refractivity contribution in [2.75, 3.05) is 31.2 Å². The van der Waals surface area contributed by atoms with E-state index in [1.165, 1.54) is 4.57 Å². The number of aromatic nitrogens is 2. The maximum atomic E-state index is 12.9. The van der Waals surface area contributed by atoms with Crippen LogP contribution in [-0.2, 0) is 4.74 Å². The molecule has 0 amide bonds. The van der Waals surface area contributed by atoms with Crippen molar-refractivity contribution in [1.29, 1.82) is 0 Å². The van der Waals surface area contributed by atoms with Gasteiger partial charge in [0.15, 0.2) is 4.77 Å². The van der Waals surface area contributed by atoms with Crippen LogP contribution in [0.25, 0.3) is 16.6 Å². The fraction of sp³-hybridized carbons (Fsp3) is 0.222. The molecule has 0 saturated carbocycles. The Bertz CT molecular complexity index is 989. The Hall–Kier alpha value is -2.44. The van der Waals surface area contributed by atoms with Gasteiger partial charge in [0.05, 0.1) is 29.8 Å². The Morgan fingerprint density at radius 1 is 1.00 bits per heavy atom. The number of hydrogen-bond donors (Lipinski definition) is 1. The van der Waals surface area contributed by atoms with E-state index in [2.05, 4.69) is 9.88 Å². The van der Waals surface area contributed by atoms with Gasteiger partial charge in [0.25, 0.3) is 5.56 Å². The van der Waals surface area contributed by atoms with Gasteiger partial charge < -0.3 is 14.6 Å². The zero-order valence-corrected chi connectivity index (χ0v) is 13.9. The second kappa shape index (κ2) is 6.22. The monoisotopic (exact) mass is 339 g/mol. The maximum absolute atomic E-state index is 12.9. The van der Waals surface area contributed by atoms with Crippen LogP contribution in [0.15, 0.2) is 53.3 Å². The number of nitrogens with one attached hydrogen (secondary N) is 1. The molecule has 3 aromatic rings. The number of rotatable bonds is 2. The highest BCUT2D eigenvalue weighted by Crippen LogP contribution is 2.20. The van der Waals surface area contributed by atoms with E-state index >= 15 is 0 Å². The summed E-state index contributed by atoms with van der Waals surface area (Å²) in [5, 5.41) is 0.629. The number of ether oxygens (including phenoxy) is 1. The van der Waals surface area contributed by atoms with Gasteiger partial charge >= 0.3 is 0 Å². The van der Waals surface area contributed by atoms with Crippen LogP contribution >= 0.6 is 12.2 Å². The SMILES string of the molecule is O=c1c2ccc(N3CCOCC3)cc2[nH]c(=S)n1-c1ccccc1. The van der Waals surface area contributed by atoms with Gasteiger partial charge in [0, 0.05) is 18.8 Å². The number of morpholine rings is 1. The first-order valence-corrected chi connectivity index (χ1v) is 8.32. The summed E-state index contributed by atoms with van der Waals surface area (Å²) >= 11 is 5.42. The first-order valence-electron chi connectivity index (χ1n) is 7.91. The summed E-state index contributed by atoms with van der Waals surface area (Å²) in [5.41, 5.74) is 2.51. The summed E-state index contributed by atoms with van der Waals surface area (Å²) in [4.78, 5) is 18.3. The van der Waals surface area contributed by atoms with Gasteiger partial charge in [0.2, 0.25) is 0 Å². The zero-order valence-electron chi connectivity index (χ0n) is 13.1. The molecule has 2 heterocycles.